The van der Waals surface area contributed by atoms with Gasteiger partial charge in [0.1, 0.15) is 0 Å². The molecule has 0 bridgehead atoms. The highest BCUT2D eigenvalue weighted by Crippen LogP contribution is 2.16. The van der Waals surface area contributed by atoms with E-state index < -0.39 is 0 Å². The lowest BCUT2D eigenvalue weighted by Crippen LogP contribution is -1.94. The van der Waals surface area contributed by atoms with Crippen molar-refractivity contribution >= 4 is 0 Å². The third kappa shape index (κ3) is 5.89. The Morgan fingerprint density at radius 1 is 0.950 bits per heavy atom. The highest BCUT2D eigenvalue weighted by Gasteiger charge is 2.03. The molecule has 0 heterocycles. The molecule has 106 valence electrons. The molecule has 0 saturated heterocycles. The number of hydrogen-bond acceptors (Lipinski definition) is 1. The van der Waals surface area contributed by atoms with Crippen molar-refractivity contribution in [3.05, 3.63) is 60.2 Å². The van der Waals surface area contributed by atoms with Crippen LogP contribution in [0.25, 0.3) is 0 Å². The second kappa shape index (κ2) is 10.0. The van der Waals surface area contributed by atoms with Gasteiger partial charge >= 0.3 is 0 Å². The molecule has 0 radical (unpaired) electrons. The SMILES string of the molecule is C=CCCCCc1ccc(CCCCC=C)c(C#N)c1. The standard InChI is InChI=1S/C19H25N/c1-3-5-7-9-11-17-13-14-18(19(15-17)16-20)12-10-8-6-4-2/h3-4,13-15H,1-2,5-12H2. The van der Waals surface area contributed by atoms with Crippen molar-refractivity contribution in [1.82, 2.24) is 0 Å². The van der Waals surface area contributed by atoms with Gasteiger partial charge in [-0.3, -0.25) is 0 Å². The van der Waals surface area contributed by atoms with Gasteiger partial charge in [0.05, 0.1) is 11.6 Å². The van der Waals surface area contributed by atoms with Gasteiger partial charge in [0.2, 0.25) is 0 Å². The van der Waals surface area contributed by atoms with Crippen LogP contribution in [0.3, 0.4) is 0 Å². The van der Waals surface area contributed by atoms with Crippen LogP contribution in [-0.4, -0.2) is 0 Å². The van der Waals surface area contributed by atoms with Gasteiger partial charge in [0, 0.05) is 0 Å². The van der Waals surface area contributed by atoms with Crippen LogP contribution in [-0.2, 0) is 12.8 Å². The van der Waals surface area contributed by atoms with E-state index >= 15 is 0 Å². The molecule has 20 heavy (non-hydrogen) atoms. The van der Waals surface area contributed by atoms with Crippen LogP contribution < -0.4 is 0 Å². The Morgan fingerprint density at radius 3 is 2.20 bits per heavy atom. The number of nitrogens with zero attached hydrogens (tertiary/aromatic N) is 1. The molecule has 0 aliphatic heterocycles. The van der Waals surface area contributed by atoms with Crippen molar-refractivity contribution in [2.45, 2.75) is 51.4 Å². The number of benzene rings is 1. The van der Waals surface area contributed by atoms with Gasteiger partial charge in [-0.25, -0.2) is 0 Å². The summed E-state index contributed by atoms with van der Waals surface area (Å²) < 4.78 is 0. The normalized spacial score (nSPS) is 9.95. The predicted octanol–water partition coefficient (Wildman–Crippen LogP) is 5.36. The first-order chi connectivity index (χ1) is 9.81. The Bertz CT molecular complexity index is 465. The lowest BCUT2D eigenvalue weighted by Gasteiger charge is -2.07. The molecule has 1 rings (SSSR count). The van der Waals surface area contributed by atoms with Crippen LogP contribution in [0.4, 0.5) is 0 Å². The summed E-state index contributed by atoms with van der Waals surface area (Å²) in [4.78, 5) is 0. The minimum atomic E-state index is 0.852. The minimum absolute atomic E-state index is 0.852. The molecular formula is C19H25N. The summed E-state index contributed by atoms with van der Waals surface area (Å²) in [5, 5.41) is 9.28. The van der Waals surface area contributed by atoms with Crippen molar-refractivity contribution in [3.63, 3.8) is 0 Å². The maximum absolute atomic E-state index is 9.28. The number of nitriles is 1. The smallest absolute Gasteiger partial charge is 0.0994 e. The van der Waals surface area contributed by atoms with E-state index in [1.807, 2.05) is 12.2 Å². The Hall–Kier alpha value is -1.81. The fraction of sp³-hybridized carbons (Fsp3) is 0.421. The van der Waals surface area contributed by atoms with Crippen LogP contribution >= 0.6 is 0 Å². The fourth-order valence-corrected chi connectivity index (χ4v) is 2.32. The van der Waals surface area contributed by atoms with E-state index in [1.54, 1.807) is 0 Å². The van der Waals surface area contributed by atoms with Crippen molar-refractivity contribution in [2.75, 3.05) is 0 Å². The van der Waals surface area contributed by atoms with Crippen LogP contribution in [0.2, 0.25) is 0 Å². The number of hydrogen-bond donors (Lipinski definition) is 0. The third-order valence-corrected chi connectivity index (χ3v) is 3.52. The van der Waals surface area contributed by atoms with Crippen molar-refractivity contribution < 1.29 is 0 Å². The number of unbranched alkanes of at least 4 members (excludes halogenated alkanes) is 4. The van der Waals surface area contributed by atoms with Gasteiger partial charge in [-0.05, 0) is 68.6 Å². The Labute approximate surface area is 123 Å². The van der Waals surface area contributed by atoms with E-state index in [-0.39, 0.29) is 0 Å². The summed E-state index contributed by atoms with van der Waals surface area (Å²) >= 11 is 0. The minimum Gasteiger partial charge on any atom is -0.192 e. The zero-order chi connectivity index (χ0) is 14.6. The first-order valence-electron chi connectivity index (χ1n) is 7.55. The van der Waals surface area contributed by atoms with Crippen LogP contribution in [0, 0.1) is 11.3 Å². The molecule has 0 spiro atoms. The first-order valence-corrected chi connectivity index (χ1v) is 7.55. The summed E-state index contributed by atoms with van der Waals surface area (Å²) in [7, 11) is 0. The van der Waals surface area contributed by atoms with Crippen molar-refractivity contribution in [2.24, 2.45) is 0 Å². The fourth-order valence-electron chi connectivity index (χ4n) is 2.32. The third-order valence-electron chi connectivity index (χ3n) is 3.52. The van der Waals surface area contributed by atoms with Crippen LogP contribution in [0.1, 0.15) is 55.2 Å². The average Bonchev–Trinajstić information content (AvgIpc) is 2.49. The highest BCUT2D eigenvalue weighted by molar-refractivity contribution is 5.40. The molecule has 1 aromatic carbocycles. The zero-order valence-corrected chi connectivity index (χ0v) is 12.4. The first kappa shape index (κ1) is 16.2. The van der Waals surface area contributed by atoms with Gasteiger partial charge < -0.3 is 0 Å². The van der Waals surface area contributed by atoms with E-state index in [0.717, 1.165) is 50.5 Å². The topological polar surface area (TPSA) is 23.8 Å². The lowest BCUT2D eigenvalue weighted by atomic mass is 9.97. The van der Waals surface area contributed by atoms with E-state index in [0.29, 0.717) is 0 Å². The van der Waals surface area contributed by atoms with Crippen molar-refractivity contribution in [1.29, 1.82) is 5.26 Å². The second-order valence-corrected chi connectivity index (χ2v) is 5.17. The summed E-state index contributed by atoms with van der Waals surface area (Å²) in [5.41, 5.74) is 3.32. The maximum Gasteiger partial charge on any atom is 0.0994 e. The average molecular weight is 267 g/mol. The van der Waals surface area contributed by atoms with E-state index in [9.17, 15) is 5.26 Å². The number of allylic oxidation sites excluding steroid dienone is 2. The molecule has 0 unspecified atom stereocenters. The second-order valence-electron chi connectivity index (χ2n) is 5.17. The van der Waals surface area contributed by atoms with Gasteiger partial charge in [-0.2, -0.15) is 5.26 Å². The molecule has 0 amide bonds. The molecule has 0 atom stereocenters. The van der Waals surface area contributed by atoms with Gasteiger partial charge in [0.25, 0.3) is 0 Å². The summed E-state index contributed by atoms with van der Waals surface area (Å²) in [6.07, 6.45) is 12.7. The van der Waals surface area contributed by atoms with Gasteiger partial charge in [0.15, 0.2) is 0 Å². The number of aryl methyl sites for hydroxylation is 2. The molecule has 0 N–H and O–H groups in total. The largest absolute Gasteiger partial charge is 0.192 e. The molecule has 0 aliphatic carbocycles. The van der Waals surface area contributed by atoms with E-state index in [1.165, 1.54) is 17.5 Å². The van der Waals surface area contributed by atoms with Gasteiger partial charge in [-0.1, -0.05) is 24.3 Å². The molecule has 0 aliphatic rings. The molecular weight excluding hydrogens is 242 g/mol. The predicted molar refractivity (Wildman–Crippen MR) is 86.7 cm³/mol. The highest BCUT2D eigenvalue weighted by atomic mass is 14.2. The van der Waals surface area contributed by atoms with Crippen LogP contribution in [0.5, 0.6) is 0 Å². The summed E-state index contributed by atoms with van der Waals surface area (Å²) in [5.74, 6) is 0. The van der Waals surface area contributed by atoms with E-state index in [2.05, 4.69) is 37.4 Å². The van der Waals surface area contributed by atoms with E-state index in [4.69, 9.17) is 0 Å². The number of rotatable bonds is 10. The monoisotopic (exact) mass is 267 g/mol. The maximum atomic E-state index is 9.28. The van der Waals surface area contributed by atoms with Gasteiger partial charge in [-0.15, -0.1) is 13.2 Å². The lowest BCUT2D eigenvalue weighted by molar-refractivity contribution is 0.740. The molecule has 1 heteroatoms. The molecule has 0 saturated carbocycles. The molecule has 1 nitrogen and oxygen atoms in total. The summed E-state index contributed by atoms with van der Waals surface area (Å²) in [6.45, 7) is 7.47. The van der Waals surface area contributed by atoms with Crippen molar-refractivity contribution in [3.8, 4) is 6.07 Å². The molecule has 0 fully saturated rings. The summed E-state index contributed by atoms with van der Waals surface area (Å²) in [6, 6.07) is 8.72. The zero-order valence-electron chi connectivity index (χ0n) is 12.4. The molecule has 0 aromatic heterocycles. The quantitative estimate of drug-likeness (QED) is 0.414. The Balaban J connectivity index is 2.54. The Morgan fingerprint density at radius 2 is 1.60 bits per heavy atom. The molecule has 1 aromatic rings. The Kier molecular flexibility index (Phi) is 8.15. The van der Waals surface area contributed by atoms with Crippen LogP contribution in [0.15, 0.2) is 43.5 Å².